The zero-order valence-corrected chi connectivity index (χ0v) is 14.4. The van der Waals surface area contributed by atoms with Crippen molar-refractivity contribution in [3.63, 3.8) is 0 Å². The van der Waals surface area contributed by atoms with Crippen LogP contribution in [0.3, 0.4) is 0 Å². The topological polar surface area (TPSA) is 24.9 Å². The molecule has 1 atom stereocenters. The SMILES string of the molecule is CC1(C2CCNCC2)c2ccc(Cl)cc2CCc2cccnc21. The first-order valence-electron chi connectivity index (χ1n) is 8.63. The molecule has 1 N–H and O–H groups in total. The molecule has 1 aromatic carbocycles. The van der Waals surface area contributed by atoms with Gasteiger partial charge in [0.15, 0.2) is 0 Å². The fraction of sp³-hybridized carbons (Fsp3) is 0.450. The molecule has 1 saturated heterocycles. The maximum atomic E-state index is 6.29. The van der Waals surface area contributed by atoms with Crippen LogP contribution in [0.25, 0.3) is 0 Å². The van der Waals surface area contributed by atoms with Crippen molar-refractivity contribution in [3.05, 3.63) is 63.9 Å². The van der Waals surface area contributed by atoms with Crippen molar-refractivity contribution in [2.24, 2.45) is 5.92 Å². The van der Waals surface area contributed by atoms with Gasteiger partial charge in [-0.25, -0.2) is 0 Å². The third kappa shape index (κ3) is 2.49. The molecule has 2 heterocycles. The van der Waals surface area contributed by atoms with Crippen LogP contribution in [-0.4, -0.2) is 18.1 Å². The first-order chi connectivity index (χ1) is 11.2. The molecule has 0 bridgehead atoms. The fourth-order valence-corrected chi connectivity index (χ4v) is 4.79. The van der Waals surface area contributed by atoms with Crippen LogP contribution in [0.1, 0.15) is 42.1 Å². The van der Waals surface area contributed by atoms with E-state index in [-0.39, 0.29) is 5.41 Å². The molecule has 1 fully saturated rings. The highest BCUT2D eigenvalue weighted by Gasteiger charge is 2.42. The summed E-state index contributed by atoms with van der Waals surface area (Å²) in [6.45, 7) is 4.61. The van der Waals surface area contributed by atoms with E-state index in [4.69, 9.17) is 16.6 Å². The van der Waals surface area contributed by atoms with Gasteiger partial charge in [0.2, 0.25) is 0 Å². The quantitative estimate of drug-likeness (QED) is 0.852. The summed E-state index contributed by atoms with van der Waals surface area (Å²) in [5, 5.41) is 4.35. The number of halogens is 1. The number of nitrogens with one attached hydrogen (secondary N) is 1. The first-order valence-corrected chi connectivity index (χ1v) is 9.01. The maximum absolute atomic E-state index is 6.29. The molecule has 1 aromatic heterocycles. The van der Waals surface area contributed by atoms with Crippen molar-refractivity contribution >= 4 is 11.6 Å². The number of aromatic nitrogens is 1. The Morgan fingerprint density at radius 1 is 1.13 bits per heavy atom. The number of rotatable bonds is 1. The predicted molar refractivity (Wildman–Crippen MR) is 95.1 cm³/mol. The number of pyridine rings is 1. The van der Waals surface area contributed by atoms with Crippen molar-refractivity contribution in [2.45, 2.75) is 38.0 Å². The molecule has 23 heavy (non-hydrogen) atoms. The minimum absolute atomic E-state index is 0.0187. The van der Waals surface area contributed by atoms with Crippen LogP contribution in [0.15, 0.2) is 36.5 Å². The Labute approximate surface area is 143 Å². The van der Waals surface area contributed by atoms with E-state index < -0.39 is 0 Å². The Bertz CT molecular complexity index is 721. The van der Waals surface area contributed by atoms with E-state index >= 15 is 0 Å². The molecule has 3 heteroatoms. The molecule has 0 radical (unpaired) electrons. The molecular weight excluding hydrogens is 304 g/mol. The maximum Gasteiger partial charge on any atom is 0.0541 e. The average Bonchev–Trinajstić information content (AvgIpc) is 2.72. The first kappa shape index (κ1) is 15.2. The van der Waals surface area contributed by atoms with Crippen molar-refractivity contribution in [2.75, 3.05) is 13.1 Å². The normalized spacial score (nSPS) is 24.6. The molecule has 0 spiro atoms. The number of piperidine rings is 1. The molecule has 4 rings (SSSR count). The monoisotopic (exact) mass is 326 g/mol. The van der Waals surface area contributed by atoms with E-state index in [1.807, 2.05) is 12.3 Å². The van der Waals surface area contributed by atoms with Gasteiger partial charge in [-0.05, 0) is 86.5 Å². The summed E-state index contributed by atoms with van der Waals surface area (Å²) in [5.41, 5.74) is 5.51. The lowest BCUT2D eigenvalue weighted by molar-refractivity contribution is 0.260. The van der Waals surface area contributed by atoms with Gasteiger partial charge in [0.1, 0.15) is 0 Å². The lowest BCUT2D eigenvalue weighted by atomic mass is 9.65. The van der Waals surface area contributed by atoms with Crippen LogP contribution in [0, 0.1) is 5.92 Å². The number of benzene rings is 1. The summed E-state index contributed by atoms with van der Waals surface area (Å²) in [6.07, 6.45) is 6.47. The van der Waals surface area contributed by atoms with Gasteiger partial charge in [-0.1, -0.05) is 23.7 Å². The molecule has 1 aliphatic heterocycles. The van der Waals surface area contributed by atoms with E-state index in [9.17, 15) is 0 Å². The van der Waals surface area contributed by atoms with Gasteiger partial charge in [0, 0.05) is 16.6 Å². The predicted octanol–water partition coefficient (Wildman–Crippen LogP) is 4.14. The molecule has 2 aromatic rings. The standard InChI is InChI=1S/C20H23ClN2/c1-20(16-8-11-22-12-9-16)18-7-6-17(21)13-15(18)5-4-14-3-2-10-23-19(14)20/h2-3,6-7,10,13,16,22H,4-5,8-9,11-12H2,1H3. The number of fused-ring (bicyclic) bond motifs is 2. The summed E-state index contributed by atoms with van der Waals surface area (Å²) >= 11 is 6.29. The molecule has 2 nitrogen and oxygen atoms in total. The van der Waals surface area contributed by atoms with Gasteiger partial charge >= 0.3 is 0 Å². The zero-order valence-electron chi connectivity index (χ0n) is 13.6. The van der Waals surface area contributed by atoms with Gasteiger partial charge in [0.05, 0.1) is 5.69 Å². The van der Waals surface area contributed by atoms with Crippen LogP contribution >= 0.6 is 11.6 Å². The molecule has 0 amide bonds. The third-order valence-corrected chi connectivity index (χ3v) is 6.06. The molecule has 2 aliphatic rings. The highest BCUT2D eigenvalue weighted by molar-refractivity contribution is 6.30. The number of hydrogen-bond donors (Lipinski definition) is 1. The summed E-state index contributed by atoms with van der Waals surface area (Å²) in [6, 6.07) is 10.8. The van der Waals surface area contributed by atoms with Crippen LogP contribution in [0.2, 0.25) is 5.02 Å². The summed E-state index contributed by atoms with van der Waals surface area (Å²) in [4.78, 5) is 4.88. The third-order valence-electron chi connectivity index (χ3n) is 5.83. The van der Waals surface area contributed by atoms with E-state index in [0.717, 1.165) is 31.0 Å². The van der Waals surface area contributed by atoms with Gasteiger partial charge in [0.25, 0.3) is 0 Å². The molecule has 1 aliphatic carbocycles. The van der Waals surface area contributed by atoms with Gasteiger partial charge in [-0.3, -0.25) is 4.98 Å². The Hall–Kier alpha value is -1.38. The summed E-state index contributed by atoms with van der Waals surface area (Å²) in [7, 11) is 0. The minimum atomic E-state index is -0.0187. The van der Waals surface area contributed by atoms with Crippen LogP contribution in [0.5, 0.6) is 0 Å². The largest absolute Gasteiger partial charge is 0.317 e. The van der Waals surface area contributed by atoms with E-state index in [1.54, 1.807) is 0 Å². The van der Waals surface area contributed by atoms with Crippen molar-refractivity contribution < 1.29 is 0 Å². The van der Waals surface area contributed by atoms with E-state index in [1.165, 1.54) is 35.2 Å². The Morgan fingerprint density at radius 2 is 1.91 bits per heavy atom. The molecule has 1 unspecified atom stereocenters. The van der Waals surface area contributed by atoms with Gasteiger partial charge < -0.3 is 5.32 Å². The summed E-state index contributed by atoms with van der Waals surface area (Å²) in [5.74, 6) is 0.621. The molecule has 0 saturated carbocycles. The van der Waals surface area contributed by atoms with Crippen molar-refractivity contribution in [3.8, 4) is 0 Å². The Kier molecular flexibility index (Phi) is 3.90. The number of hydrogen-bond acceptors (Lipinski definition) is 2. The van der Waals surface area contributed by atoms with Gasteiger partial charge in [-0.15, -0.1) is 0 Å². The highest BCUT2D eigenvalue weighted by atomic mass is 35.5. The average molecular weight is 327 g/mol. The zero-order chi connectivity index (χ0) is 15.9. The lowest BCUT2D eigenvalue weighted by Crippen LogP contribution is -2.41. The second-order valence-electron chi connectivity index (χ2n) is 7.04. The second kappa shape index (κ2) is 5.92. The minimum Gasteiger partial charge on any atom is -0.317 e. The number of nitrogens with zero attached hydrogens (tertiary/aromatic N) is 1. The van der Waals surface area contributed by atoms with Crippen LogP contribution in [0.4, 0.5) is 0 Å². The second-order valence-corrected chi connectivity index (χ2v) is 7.48. The lowest BCUT2D eigenvalue weighted by Gasteiger charge is -2.41. The molecule has 120 valence electrons. The van der Waals surface area contributed by atoms with Crippen LogP contribution < -0.4 is 5.32 Å². The van der Waals surface area contributed by atoms with Gasteiger partial charge in [-0.2, -0.15) is 0 Å². The number of aryl methyl sites for hydroxylation is 2. The fourth-order valence-electron chi connectivity index (χ4n) is 4.59. The van der Waals surface area contributed by atoms with E-state index in [2.05, 4.69) is 36.5 Å². The Morgan fingerprint density at radius 3 is 2.74 bits per heavy atom. The molecular formula is C20H23ClN2. The van der Waals surface area contributed by atoms with Crippen molar-refractivity contribution in [1.29, 1.82) is 0 Å². The Balaban J connectivity index is 1.94. The van der Waals surface area contributed by atoms with E-state index in [0.29, 0.717) is 5.92 Å². The van der Waals surface area contributed by atoms with Crippen molar-refractivity contribution in [1.82, 2.24) is 10.3 Å². The smallest absolute Gasteiger partial charge is 0.0541 e. The van der Waals surface area contributed by atoms with Crippen LogP contribution in [-0.2, 0) is 18.3 Å². The summed E-state index contributed by atoms with van der Waals surface area (Å²) < 4.78 is 0. The highest BCUT2D eigenvalue weighted by Crippen LogP contribution is 2.46.